The molecule has 30 heavy (non-hydrogen) atoms. The van der Waals surface area contributed by atoms with Crippen molar-refractivity contribution in [2.75, 3.05) is 12.8 Å². The van der Waals surface area contributed by atoms with E-state index in [9.17, 15) is 4.79 Å². The molecule has 0 N–H and O–H groups in total. The second kappa shape index (κ2) is 8.81. The molecule has 0 aliphatic carbocycles. The molecular formula is C21H18ClN3O4S. The number of carbonyl (C=O) groups excluding carboxylic acids is 1. The molecule has 0 spiro atoms. The second-order valence-corrected chi connectivity index (χ2v) is 7.94. The third kappa shape index (κ3) is 4.60. The van der Waals surface area contributed by atoms with Crippen molar-refractivity contribution in [3.63, 3.8) is 0 Å². The summed E-state index contributed by atoms with van der Waals surface area (Å²) in [5, 5.41) is 8.98. The minimum absolute atomic E-state index is 0.0799. The molecule has 0 aliphatic heterocycles. The molecule has 3 aromatic heterocycles. The van der Waals surface area contributed by atoms with Crippen LogP contribution in [0.15, 0.2) is 67.2 Å². The predicted octanol–water partition coefficient (Wildman–Crippen LogP) is 5.30. The first-order valence-corrected chi connectivity index (χ1v) is 10.5. The summed E-state index contributed by atoms with van der Waals surface area (Å²) in [6, 6.07) is 12.9. The number of amides is 1. The van der Waals surface area contributed by atoms with Crippen molar-refractivity contribution >= 4 is 29.3 Å². The van der Waals surface area contributed by atoms with Gasteiger partial charge in [-0.2, -0.15) is 0 Å². The Balaban J connectivity index is 1.32. The summed E-state index contributed by atoms with van der Waals surface area (Å²) in [7, 11) is 1.72. The van der Waals surface area contributed by atoms with Crippen LogP contribution >= 0.6 is 23.4 Å². The average Bonchev–Trinajstić information content (AvgIpc) is 3.47. The molecule has 4 rings (SSSR count). The SMILES string of the molecule is Cc1occc1-c1nnc(SCC(=O)N(C)Cc2ccc(-c3ccc(Cl)cc3)o2)o1. The molecule has 0 saturated carbocycles. The molecule has 1 aromatic carbocycles. The Kier molecular flexibility index (Phi) is 5.96. The Hall–Kier alpha value is -2.97. The van der Waals surface area contributed by atoms with E-state index >= 15 is 0 Å². The lowest BCUT2D eigenvalue weighted by atomic mass is 10.2. The van der Waals surface area contributed by atoms with Gasteiger partial charge in [0.25, 0.3) is 11.1 Å². The van der Waals surface area contributed by atoms with Gasteiger partial charge >= 0.3 is 0 Å². The standard InChI is InChI=1S/C21H18ClN3O4S/c1-13-17(9-10-27-13)20-23-24-21(29-20)30-12-19(26)25(2)11-16-7-8-18(28-16)14-3-5-15(22)6-4-14/h3-10H,11-12H2,1-2H3. The number of hydrogen-bond acceptors (Lipinski definition) is 7. The molecule has 4 aromatic rings. The molecular weight excluding hydrogens is 426 g/mol. The second-order valence-electron chi connectivity index (χ2n) is 6.57. The molecule has 0 unspecified atom stereocenters. The Morgan fingerprint density at radius 3 is 2.63 bits per heavy atom. The van der Waals surface area contributed by atoms with Gasteiger partial charge in [-0.05, 0) is 49.4 Å². The molecule has 154 valence electrons. The Morgan fingerprint density at radius 1 is 1.10 bits per heavy atom. The van der Waals surface area contributed by atoms with Crippen LogP contribution in [0.25, 0.3) is 22.8 Å². The summed E-state index contributed by atoms with van der Waals surface area (Å²) < 4.78 is 16.7. The van der Waals surface area contributed by atoms with Gasteiger partial charge < -0.3 is 18.2 Å². The molecule has 9 heteroatoms. The molecule has 0 bridgehead atoms. The van der Waals surface area contributed by atoms with Gasteiger partial charge in [-0.3, -0.25) is 4.79 Å². The van der Waals surface area contributed by atoms with Crippen LogP contribution in [0.3, 0.4) is 0 Å². The van der Waals surface area contributed by atoms with E-state index in [1.54, 1.807) is 24.3 Å². The van der Waals surface area contributed by atoms with Gasteiger partial charge in [-0.25, -0.2) is 0 Å². The summed E-state index contributed by atoms with van der Waals surface area (Å²) in [5.41, 5.74) is 1.67. The lowest BCUT2D eigenvalue weighted by Crippen LogP contribution is -2.27. The van der Waals surface area contributed by atoms with E-state index in [2.05, 4.69) is 10.2 Å². The van der Waals surface area contributed by atoms with Crippen molar-refractivity contribution in [2.45, 2.75) is 18.7 Å². The highest BCUT2D eigenvalue weighted by Crippen LogP contribution is 2.27. The van der Waals surface area contributed by atoms with E-state index in [-0.39, 0.29) is 11.7 Å². The van der Waals surface area contributed by atoms with Crippen LogP contribution in [0, 0.1) is 6.92 Å². The van der Waals surface area contributed by atoms with Gasteiger partial charge in [0, 0.05) is 17.6 Å². The first kappa shape index (κ1) is 20.3. The van der Waals surface area contributed by atoms with Crippen LogP contribution in [0.4, 0.5) is 0 Å². The zero-order valence-corrected chi connectivity index (χ0v) is 17.9. The summed E-state index contributed by atoms with van der Waals surface area (Å²) in [4.78, 5) is 14.1. The molecule has 0 aliphatic rings. The van der Waals surface area contributed by atoms with Gasteiger partial charge in [0.15, 0.2) is 0 Å². The largest absolute Gasteiger partial charge is 0.469 e. The van der Waals surface area contributed by atoms with Crippen LogP contribution in [0.1, 0.15) is 11.5 Å². The minimum atomic E-state index is -0.0799. The molecule has 1 amide bonds. The lowest BCUT2D eigenvalue weighted by molar-refractivity contribution is -0.127. The minimum Gasteiger partial charge on any atom is -0.469 e. The highest BCUT2D eigenvalue weighted by Gasteiger charge is 2.17. The number of aromatic nitrogens is 2. The number of aryl methyl sites for hydroxylation is 1. The number of hydrogen-bond donors (Lipinski definition) is 0. The van der Waals surface area contributed by atoms with Crippen LogP contribution in [-0.2, 0) is 11.3 Å². The number of halogens is 1. The number of benzene rings is 1. The summed E-state index contributed by atoms with van der Waals surface area (Å²) in [5.74, 6) is 2.58. The monoisotopic (exact) mass is 443 g/mol. The normalized spacial score (nSPS) is 11.0. The van der Waals surface area contributed by atoms with E-state index in [0.717, 1.165) is 16.9 Å². The van der Waals surface area contributed by atoms with E-state index < -0.39 is 0 Å². The number of nitrogens with zero attached hydrogens (tertiary/aromatic N) is 3. The molecule has 0 radical (unpaired) electrons. The molecule has 7 nitrogen and oxygen atoms in total. The van der Waals surface area contributed by atoms with Crippen molar-refractivity contribution in [2.24, 2.45) is 0 Å². The van der Waals surface area contributed by atoms with Gasteiger partial charge in [0.2, 0.25) is 5.91 Å². The van der Waals surface area contributed by atoms with E-state index in [0.29, 0.717) is 34.2 Å². The Labute approximate surface area is 182 Å². The summed E-state index contributed by atoms with van der Waals surface area (Å²) in [6.07, 6.45) is 1.56. The highest BCUT2D eigenvalue weighted by atomic mass is 35.5. The molecule has 0 fully saturated rings. The van der Waals surface area contributed by atoms with Crippen LogP contribution in [0.2, 0.25) is 5.02 Å². The van der Waals surface area contributed by atoms with E-state index in [1.165, 1.54) is 11.8 Å². The third-order valence-electron chi connectivity index (χ3n) is 4.42. The number of furan rings is 2. The van der Waals surface area contributed by atoms with Gasteiger partial charge in [-0.15, -0.1) is 10.2 Å². The Morgan fingerprint density at radius 2 is 1.90 bits per heavy atom. The van der Waals surface area contributed by atoms with Crippen molar-refractivity contribution < 1.29 is 18.0 Å². The van der Waals surface area contributed by atoms with Gasteiger partial charge in [-0.1, -0.05) is 23.4 Å². The van der Waals surface area contributed by atoms with E-state index in [1.807, 2.05) is 43.3 Å². The van der Waals surface area contributed by atoms with Crippen LogP contribution < -0.4 is 0 Å². The third-order valence-corrected chi connectivity index (χ3v) is 5.48. The zero-order valence-electron chi connectivity index (χ0n) is 16.3. The van der Waals surface area contributed by atoms with Gasteiger partial charge in [0.05, 0.1) is 24.1 Å². The van der Waals surface area contributed by atoms with E-state index in [4.69, 9.17) is 24.9 Å². The average molecular weight is 444 g/mol. The van der Waals surface area contributed by atoms with Crippen LogP contribution in [0.5, 0.6) is 0 Å². The van der Waals surface area contributed by atoms with Crippen LogP contribution in [-0.4, -0.2) is 33.8 Å². The predicted molar refractivity (Wildman–Crippen MR) is 113 cm³/mol. The van der Waals surface area contributed by atoms with Crippen molar-refractivity contribution in [3.8, 4) is 22.8 Å². The molecule has 0 saturated heterocycles. The van der Waals surface area contributed by atoms with Crippen molar-refractivity contribution in [3.05, 3.63) is 65.3 Å². The Bertz CT molecular complexity index is 1150. The zero-order chi connectivity index (χ0) is 21.1. The summed E-state index contributed by atoms with van der Waals surface area (Å²) >= 11 is 7.11. The molecule has 0 atom stereocenters. The number of thioether (sulfide) groups is 1. The van der Waals surface area contributed by atoms with Crippen molar-refractivity contribution in [1.29, 1.82) is 0 Å². The topological polar surface area (TPSA) is 85.5 Å². The quantitative estimate of drug-likeness (QED) is 0.358. The maximum atomic E-state index is 12.5. The molecule has 3 heterocycles. The fourth-order valence-corrected chi connectivity index (χ4v) is 3.60. The fraction of sp³-hybridized carbons (Fsp3) is 0.190. The smallest absolute Gasteiger partial charge is 0.277 e. The number of rotatable bonds is 7. The highest BCUT2D eigenvalue weighted by molar-refractivity contribution is 7.99. The maximum Gasteiger partial charge on any atom is 0.277 e. The summed E-state index contributed by atoms with van der Waals surface area (Å²) in [6.45, 7) is 2.17. The fourth-order valence-electron chi connectivity index (χ4n) is 2.77. The lowest BCUT2D eigenvalue weighted by Gasteiger charge is -2.14. The van der Waals surface area contributed by atoms with Gasteiger partial charge in [0.1, 0.15) is 17.3 Å². The first-order chi connectivity index (χ1) is 14.5. The number of carbonyl (C=O) groups is 1. The van der Waals surface area contributed by atoms with Crippen molar-refractivity contribution in [1.82, 2.24) is 15.1 Å². The first-order valence-electron chi connectivity index (χ1n) is 9.09. The maximum absolute atomic E-state index is 12.5.